The van der Waals surface area contributed by atoms with Crippen LogP contribution in [0.2, 0.25) is 0 Å². The van der Waals surface area contributed by atoms with Crippen LogP contribution >= 0.6 is 0 Å². The summed E-state index contributed by atoms with van der Waals surface area (Å²) < 4.78 is 39.9. The van der Waals surface area contributed by atoms with Crippen molar-refractivity contribution in [2.45, 2.75) is 62.9 Å². The molecule has 2 aliphatic rings. The molecule has 1 heterocycles. The normalized spacial score (nSPS) is 22.4. The third-order valence-electron chi connectivity index (χ3n) is 5.92. The van der Waals surface area contributed by atoms with Crippen LogP contribution in [0.3, 0.4) is 0 Å². The van der Waals surface area contributed by atoms with Crippen molar-refractivity contribution in [2.24, 2.45) is 0 Å². The fourth-order valence-electron chi connectivity index (χ4n) is 4.22. The molecule has 1 saturated carbocycles. The quantitative estimate of drug-likeness (QED) is 0.650. The van der Waals surface area contributed by atoms with Gasteiger partial charge in [0.05, 0.1) is 23.6 Å². The molecule has 1 aromatic carbocycles. The second kappa shape index (κ2) is 9.34. The molecule has 0 spiro atoms. The lowest BCUT2D eigenvalue weighted by Gasteiger charge is -2.36. The highest BCUT2D eigenvalue weighted by Crippen LogP contribution is 2.33. The maximum Gasteiger partial charge on any atom is 0.416 e. The highest BCUT2D eigenvalue weighted by atomic mass is 19.4. The van der Waals surface area contributed by atoms with E-state index < -0.39 is 29.3 Å². The van der Waals surface area contributed by atoms with E-state index in [0.29, 0.717) is 25.9 Å². The Kier molecular flexibility index (Phi) is 7.02. The monoisotopic (exact) mass is 427 g/mol. The van der Waals surface area contributed by atoms with Crippen molar-refractivity contribution >= 4 is 11.8 Å². The Morgan fingerprint density at radius 2 is 1.93 bits per heavy atom. The molecule has 2 fully saturated rings. The van der Waals surface area contributed by atoms with Gasteiger partial charge in [-0.1, -0.05) is 37.5 Å². The number of nitrogens with zero attached hydrogens (tertiary/aromatic N) is 1. The lowest BCUT2D eigenvalue weighted by atomic mass is 9.85. The summed E-state index contributed by atoms with van der Waals surface area (Å²) in [6, 6.07) is 4.41. The number of piperazine rings is 1. The van der Waals surface area contributed by atoms with E-state index in [4.69, 9.17) is 0 Å². The van der Waals surface area contributed by atoms with Gasteiger partial charge in [0, 0.05) is 26.2 Å². The number of hydrogen-bond acceptors (Lipinski definition) is 4. The summed E-state index contributed by atoms with van der Waals surface area (Å²) >= 11 is 0. The number of carbonyl (C=O) groups is 2. The molecule has 1 unspecified atom stereocenters. The van der Waals surface area contributed by atoms with Crippen molar-refractivity contribution in [1.82, 2.24) is 15.5 Å². The van der Waals surface area contributed by atoms with Crippen molar-refractivity contribution in [3.8, 4) is 0 Å². The molecule has 6 nitrogen and oxygen atoms in total. The predicted molar refractivity (Wildman–Crippen MR) is 104 cm³/mol. The van der Waals surface area contributed by atoms with Crippen LogP contribution < -0.4 is 10.6 Å². The minimum atomic E-state index is -4.49. The third-order valence-corrected chi connectivity index (χ3v) is 5.92. The summed E-state index contributed by atoms with van der Waals surface area (Å²) in [4.78, 5) is 26.4. The number of hydrogen-bond donors (Lipinski definition) is 3. The maximum absolute atomic E-state index is 13.3. The van der Waals surface area contributed by atoms with E-state index in [1.54, 1.807) is 4.90 Å². The highest BCUT2D eigenvalue weighted by molar-refractivity contribution is 5.88. The standard InChI is InChI=1S/C21H28F3N3O3/c22-21(23,24)16-7-3-2-6-15(16)13-27-11-10-25-19(29)17(27)12-18(28)26-14-20(30)8-4-1-5-9-20/h2-3,6-7,17,30H,1,4-5,8-14H2,(H,25,29)(H,26,28). The van der Waals surface area contributed by atoms with Gasteiger partial charge in [0.2, 0.25) is 11.8 Å². The van der Waals surface area contributed by atoms with E-state index in [1.807, 2.05) is 0 Å². The fourth-order valence-corrected chi connectivity index (χ4v) is 4.22. The maximum atomic E-state index is 13.3. The van der Waals surface area contributed by atoms with E-state index >= 15 is 0 Å². The lowest BCUT2D eigenvalue weighted by Crippen LogP contribution is -2.56. The molecule has 3 rings (SSSR count). The summed E-state index contributed by atoms with van der Waals surface area (Å²) in [6.07, 6.45) is -0.539. The highest BCUT2D eigenvalue weighted by Gasteiger charge is 2.37. The van der Waals surface area contributed by atoms with Gasteiger partial charge in [-0.2, -0.15) is 13.2 Å². The van der Waals surface area contributed by atoms with Crippen LogP contribution in [0, 0.1) is 0 Å². The van der Waals surface area contributed by atoms with Gasteiger partial charge >= 0.3 is 6.18 Å². The van der Waals surface area contributed by atoms with Crippen LogP contribution in [-0.4, -0.2) is 53.1 Å². The van der Waals surface area contributed by atoms with Crippen LogP contribution in [0.4, 0.5) is 13.2 Å². The molecule has 9 heteroatoms. The predicted octanol–water partition coefficient (Wildman–Crippen LogP) is 2.21. The molecule has 1 aliphatic heterocycles. The average Bonchev–Trinajstić information content (AvgIpc) is 2.69. The Morgan fingerprint density at radius 3 is 2.63 bits per heavy atom. The summed E-state index contributed by atoms with van der Waals surface area (Å²) in [5, 5.41) is 15.9. The number of amides is 2. The molecule has 1 saturated heterocycles. The molecule has 1 aromatic rings. The zero-order chi connectivity index (χ0) is 21.8. The van der Waals surface area contributed by atoms with E-state index in [0.717, 1.165) is 25.3 Å². The lowest BCUT2D eigenvalue weighted by molar-refractivity contribution is -0.139. The molecule has 2 amide bonds. The van der Waals surface area contributed by atoms with Crippen molar-refractivity contribution in [3.63, 3.8) is 0 Å². The zero-order valence-corrected chi connectivity index (χ0v) is 16.8. The fraction of sp³-hybridized carbons (Fsp3) is 0.619. The van der Waals surface area contributed by atoms with Gasteiger partial charge in [0.25, 0.3) is 0 Å². The molecular formula is C21H28F3N3O3. The van der Waals surface area contributed by atoms with Crippen molar-refractivity contribution in [1.29, 1.82) is 0 Å². The number of rotatable bonds is 6. The number of benzene rings is 1. The van der Waals surface area contributed by atoms with E-state index in [1.165, 1.54) is 18.2 Å². The molecule has 0 aromatic heterocycles. The van der Waals surface area contributed by atoms with Crippen molar-refractivity contribution in [3.05, 3.63) is 35.4 Å². The number of carbonyl (C=O) groups excluding carboxylic acids is 2. The van der Waals surface area contributed by atoms with Crippen LogP contribution in [0.25, 0.3) is 0 Å². The van der Waals surface area contributed by atoms with Gasteiger partial charge in [-0.25, -0.2) is 0 Å². The largest absolute Gasteiger partial charge is 0.416 e. The van der Waals surface area contributed by atoms with Crippen LogP contribution in [0.5, 0.6) is 0 Å². The van der Waals surface area contributed by atoms with Gasteiger partial charge in [-0.3, -0.25) is 14.5 Å². The summed E-state index contributed by atoms with van der Waals surface area (Å²) in [5.41, 5.74) is -1.59. The number of alkyl halides is 3. The van der Waals surface area contributed by atoms with Gasteiger partial charge < -0.3 is 15.7 Å². The first kappa shape index (κ1) is 22.6. The SMILES string of the molecule is O=C(CC1C(=O)NCCN1Cc1ccccc1C(F)(F)F)NCC1(O)CCCCC1. The van der Waals surface area contributed by atoms with E-state index in [9.17, 15) is 27.9 Å². The van der Waals surface area contributed by atoms with Gasteiger partial charge in [-0.15, -0.1) is 0 Å². The summed E-state index contributed by atoms with van der Waals surface area (Å²) in [5.74, 6) is -0.776. The Morgan fingerprint density at radius 1 is 1.23 bits per heavy atom. The zero-order valence-electron chi connectivity index (χ0n) is 16.8. The minimum Gasteiger partial charge on any atom is -0.388 e. The van der Waals surface area contributed by atoms with Crippen LogP contribution in [0.1, 0.15) is 49.7 Å². The smallest absolute Gasteiger partial charge is 0.388 e. The Labute approximate surface area is 173 Å². The van der Waals surface area contributed by atoms with Gasteiger partial charge in [0.1, 0.15) is 0 Å². The second-order valence-electron chi connectivity index (χ2n) is 8.20. The second-order valence-corrected chi connectivity index (χ2v) is 8.20. The molecule has 1 atom stereocenters. The number of aliphatic hydroxyl groups is 1. The molecule has 3 N–H and O–H groups in total. The minimum absolute atomic E-state index is 0.0709. The van der Waals surface area contributed by atoms with Gasteiger partial charge in [-0.05, 0) is 24.5 Å². The van der Waals surface area contributed by atoms with Gasteiger partial charge in [0.15, 0.2) is 0 Å². The molecule has 166 valence electrons. The third kappa shape index (κ3) is 5.72. The molecule has 0 bridgehead atoms. The summed E-state index contributed by atoms with van der Waals surface area (Å²) in [6.45, 7) is 0.701. The topological polar surface area (TPSA) is 81.7 Å². The Balaban J connectivity index is 1.65. The summed E-state index contributed by atoms with van der Waals surface area (Å²) in [7, 11) is 0. The first-order chi connectivity index (χ1) is 14.2. The molecule has 0 radical (unpaired) electrons. The molecule has 1 aliphatic carbocycles. The van der Waals surface area contributed by atoms with E-state index in [-0.39, 0.29) is 31.0 Å². The van der Waals surface area contributed by atoms with Crippen LogP contribution in [0.15, 0.2) is 24.3 Å². The van der Waals surface area contributed by atoms with Crippen molar-refractivity contribution in [2.75, 3.05) is 19.6 Å². The molecular weight excluding hydrogens is 399 g/mol. The average molecular weight is 427 g/mol. The van der Waals surface area contributed by atoms with Crippen molar-refractivity contribution < 1.29 is 27.9 Å². The first-order valence-corrected chi connectivity index (χ1v) is 10.3. The Bertz CT molecular complexity index is 763. The van der Waals surface area contributed by atoms with E-state index in [2.05, 4.69) is 10.6 Å². The number of nitrogens with one attached hydrogen (secondary N) is 2. The first-order valence-electron chi connectivity index (χ1n) is 10.3. The molecule has 30 heavy (non-hydrogen) atoms. The van der Waals surface area contributed by atoms with Crippen LogP contribution in [-0.2, 0) is 22.3 Å². The Hall–Kier alpha value is -2.13. The number of halogens is 3.